The summed E-state index contributed by atoms with van der Waals surface area (Å²) in [5, 5.41) is 4.14. The molecule has 0 saturated heterocycles. The molecule has 5 rings (SSSR count). The van der Waals surface area contributed by atoms with E-state index in [1.54, 1.807) is 6.20 Å². The number of rotatable bonds is 6. The molecule has 0 spiro atoms. The zero-order valence-electron chi connectivity index (χ0n) is 19.9. The van der Waals surface area contributed by atoms with E-state index in [-0.39, 0.29) is 12.8 Å². The minimum absolute atomic E-state index is 0.290. The van der Waals surface area contributed by atoms with Gasteiger partial charge >= 0.3 is 6.18 Å². The summed E-state index contributed by atoms with van der Waals surface area (Å²) in [6, 6.07) is 13.2. The van der Waals surface area contributed by atoms with Crippen LogP contribution in [0.2, 0.25) is 0 Å². The van der Waals surface area contributed by atoms with Crippen molar-refractivity contribution < 1.29 is 17.6 Å². The number of allylic oxidation sites excluding steroid dienone is 3. The molecule has 188 valence electrons. The van der Waals surface area contributed by atoms with Crippen LogP contribution >= 0.6 is 11.3 Å². The lowest BCUT2D eigenvalue weighted by atomic mass is 9.74. The normalized spacial score (nSPS) is 19.6. The van der Waals surface area contributed by atoms with Gasteiger partial charge in [-0.25, -0.2) is 9.37 Å². The number of aromatic nitrogens is 2. The lowest BCUT2D eigenvalue weighted by Gasteiger charge is -2.39. The van der Waals surface area contributed by atoms with E-state index in [4.69, 9.17) is 4.98 Å². The van der Waals surface area contributed by atoms with Gasteiger partial charge < -0.3 is 5.32 Å². The van der Waals surface area contributed by atoms with Crippen LogP contribution in [-0.4, -0.2) is 16.1 Å². The second-order valence-corrected chi connectivity index (χ2v) is 10.7. The van der Waals surface area contributed by atoms with Crippen molar-refractivity contribution in [2.75, 3.05) is 5.32 Å². The maximum Gasteiger partial charge on any atom is 0.395 e. The average Bonchev–Trinajstić information content (AvgIpc) is 3.26. The van der Waals surface area contributed by atoms with Crippen molar-refractivity contribution in [2.45, 2.75) is 57.2 Å². The van der Waals surface area contributed by atoms with Crippen molar-refractivity contribution >= 4 is 16.5 Å². The molecule has 2 aromatic heterocycles. The van der Waals surface area contributed by atoms with Crippen molar-refractivity contribution in [3.05, 3.63) is 99.6 Å². The molecule has 2 aliphatic carbocycles. The van der Waals surface area contributed by atoms with Crippen LogP contribution in [-0.2, 0) is 24.8 Å². The molecule has 2 aliphatic rings. The second kappa shape index (κ2) is 9.81. The summed E-state index contributed by atoms with van der Waals surface area (Å²) in [6.45, 7) is 1.90. The first kappa shape index (κ1) is 24.7. The summed E-state index contributed by atoms with van der Waals surface area (Å²) in [7, 11) is 0. The predicted molar refractivity (Wildman–Crippen MR) is 135 cm³/mol. The molecule has 3 aromatic rings. The van der Waals surface area contributed by atoms with Crippen LogP contribution in [0.1, 0.15) is 46.7 Å². The third-order valence-electron chi connectivity index (χ3n) is 6.91. The standard InChI is InChI=1S/C28H27F4N3S/c1-18-11-12-25(33-17-18)27(16-19-7-3-2-4-8-19,20-13-21(28(30,31)32)15-22(29)14-20)35-26-34-23-9-5-6-10-24(23)36-26/h2-4,7-8,11-12,14-15,17,21H,5-6,9-10,13,16H2,1H3,(H,34,35). The molecule has 0 aliphatic heterocycles. The van der Waals surface area contributed by atoms with Crippen molar-refractivity contribution in [3.63, 3.8) is 0 Å². The van der Waals surface area contributed by atoms with Gasteiger partial charge in [-0.2, -0.15) is 13.2 Å². The number of halogens is 4. The van der Waals surface area contributed by atoms with Crippen molar-refractivity contribution in [1.82, 2.24) is 9.97 Å². The van der Waals surface area contributed by atoms with Crippen molar-refractivity contribution in [2.24, 2.45) is 5.92 Å². The zero-order valence-corrected chi connectivity index (χ0v) is 20.7. The van der Waals surface area contributed by atoms with E-state index in [0.29, 0.717) is 22.5 Å². The Morgan fingerprint density at radius 1 is 1.06 bits per heavy atom. The smallest absolute Gasteiger partial charge is 0.346 e. The summed E-state index contributed by atoms with van der Waals surface area (Å²) in [5.41, 5.74) is 2.48. The van der Waals surface area contributed by atoms with Gasteiger partial charge in [-0.3, -0.25) is 4.98 Å². The monoisotopic (exact) mass is 513 g/mol. The summed E-state index contributed by atoms with van der Waals surface area (Å²) in [6.07, 6.45) is 2.97. The van der Waals surface area contributed by atoms with Gasteiger partial charge in [0.25, 0.3) is 0 Å². The van der Waals surface area contributed by atoms with Crippen LogP contribution in [0.4, 0.5) is 22.7 Å². The van der Waals surface area contributed by atoms with Crippen LogP contribution in [0, 0.1) is 12.8 Å². The lowest BCUT2D eigenvalue weighted by Crippen LogP contribution is -2.43. The topological polar surface area (TPSA) is 37.8 Å². The minimum Gasteiger partial charge on any atom is -0.346 e. The number of thiazole rings is 1. The van der Waals surface area contributed by atoms with Gasteiger partial charge in [-0.1, -0.05) is 36.4 Å². The van der Waals surface area contributed by atoms with Crippen LogP contribution in [0.3, 0.4) is 0 Å². The fraction of sp³-hybridized carbons (Fsp3) is 0.357. The Morgan fingerprint density at radius 3 is 2.53 bits per heavy atom. The van der Waals surface area contributed by atoms with Gasteiger partial charge in [-0.15, -0.1) is 11.3 Å². The number of hydrogen-bond donors (Lipinski definition) is 1. The van der Waals surface area contributed by atoms with Crippen LogP contribution in [0.15, 0.2) is 72.2 Å². The number of alkyl halides is 3. The first-order valence-corrected chi connectivity index (χ1v) is 12.9. The third kappa shape index (κ3) is 5.09. The van der Waals surface area contributed by atoms with E-state index >= 15 is 0 Å². The van der Waals surface area contributed by atoms with E-state index in [9.17, 15) is 17.6 Å². The van der Waals surface area contributed by atoms with E-state index in [1.165, 1.54) is 22.3 Å². The minimum atomic E-state index is -4.56. The molecule has 2 heterocycles. The van der Waals surface area contributed by atoms with Crippen LogP contribution < -0.4 is 5.32 Å². The summed E-state index contributed by atoms with van der Waals surface area (Å²) < 4.78 is 56.4. The van der Waals surface area contributed by atoms with Gasteiger partial charge in [0.1, 0.15) is 11.4 Å². The molecule has 3 nitrogen and oxygen atoms in total. The number of hydrogen-bond acceptors (Lipinski definition) is 4. The van der Waals surface area contributed by atoms with Crippen molar-refractivity contribution in [1.29, 1.82) is 0 Å². The van der Waals surface area contributed by atoms with Gasteiger partial charge in [0, 0.05) is 17.5 Å². The Hall–Kier alpha value is -3.00. The van der Waals surface area contributed by atoms with Crippen LogP contribution in [0.5, 0.6) is 0 Å². The molecule has 36 heavy (non-hydrogen) atoms. The van der Waals surface area contributed by atoms with Gasteiger partial charge in [0.2, 0.25) is 0 Å². The first-order valence-electron chi connectivity index (χ1n) is 12.1. The molecular weight excluding hydrogens is 486 g/mol. The lowest BCUT2D eigenvalue weighted by molar-refractivity contribution is -0.161. The molecule has 0 fully saturated rings. The average molecular weight is 514 g/mol. The third-order valence-corrected chi connectivity index (χ3v) is 7.98. The highest BCUT2D eigenvalue weighted by atomic mass is 32.1. The highest BCUT2D eigenvalue weighted by Crippen LogP contribution is 2.46. The van der Waals surface area contributed by atoms with E-state index in [1.807, 2.05) is 49.4 Å². The molecule has 0 saturated carbocycles. The Kier molecular flexibility index (Phi) is 6.72. The van der Waals surface area contributed by atoms with Gasteiger partial charge in [0.15, 0.2) is 5.13 Å². The molecule has 8 heteroatoms. The summed E-state index contributed by atoms with van der Waals surface area (Å²) in [5.74, 6) is -2.80. The maximum absolute atomic E-state index is 14.8. The zero-order chi connectivity index (χ0) is 25.3. The highest BCUT2D eigenvalue weighted by molar-refractivity contribution is 7.15. The summed E-state index contributed by atoms with van der Waals surface area (Å²) in [4.78, 5) is 10.7. The Bertz CT molecular complexity index is 1250. The molecule has 1 aromatic carbocycles. The molecule has 0 amide bonds. The highest BCUT2D eigenvalue weighted by Gasteiger charge is 2.46. The van der Waals surface area contributed by atoms with Gasteiger partial charge in [-0.05, 0) is 73.9 Å². The number of fused-ring (bicyclic) bond motifs is 1. The van der Waals surface area contributed by atoms with Crippen LogP contribution in [0.25, 0.3) is 0 Å². The molecule has 2 unspecified atom stereocenters. The largest absolute Gasteiger partial charge is 0.395 e. The first-order chi connectivity index (χ1) is 17.2. The van der Waals surface area contributed by atoms with E-state index in [2.05, 4.69) is 10.3 Å². The Morgan fingerprint density at radius 2 is 1.83 bits per heavy atom. The number of pyridine rings is 1. The summed E-state index contributed by atoms with van der Waals surface area (Å²) >= 11 is 1.53. The number of benzene rings is 1. The maximum atomic E-state index is 14.8. The van der Waals surface area contributed by atoms with Gasteiger partial charge in [0.05, 0.1) is 17.3 Å². The number of nitrogens with zero attached hydrogens (tertiary/aromatic N) is 2. The predicted octanol–water partition coefficient (Wildman–Crippen LogP) is 7.64. The number of aryl methyl sites for hydroxylation is 3. The number of nitrogens with one attached hydrogen (secondary N) is 1. The molecule has 2 atom stereocenters. The quantitative estimate of drug-likeness (QED) is 0.344. The van der Waals surface area contributed by atoms with E-state index in [0.717, 1.165) is 42.5 Å². The second-order valence-electron chi connectivity index (χ2n) is 9.58. The fourth-order valence-corrected chi connectivity index (χ4v) is 6.16. The molecule has 1 N–H and O–H groups in total. The number of anilines is 1. The molecule has 0 bridgehead atoms. The van der Waals surface area contributed by atoms with Crippen molar-refractivity contribution in [3.8, 4) is 0 Å². The Labute approximate surface area is 212 Å². The SMILES string of the molecule is Cc1ccc(C(Cc2ccccc2)(Nc2nc3c(s2)CCCC3)C2=CC(F)=CC(C(F)(F)F)C2)nc1. The van der Waals surface area contributed by atoms with E-state index < -0.39 is 23.5 Å². The Balaban J connectivity index is 1.68. The molecular formula is C28H27F4N3S. The molecule has 0 radical (unpaired) electrons. The fourth-order valence-electron chi connectivity index (χ4n) is 5.04.